The van der Waals surface area contributed by atoms with E-state index in [0.29, 0.717) is 36.3 Å². The molecule has 2 aliphatic rings. The van der Waals surface area contributed by atoms with Crippen LogP contribution in [-0.2, 0) is 4.79 Å². The van der Waals surface area contributed by atoms with Gasteiger partial charge in [0.05, 0.1) is 16.9 Å². The summed E-state index contributed by atoms with van der Waals surface area (Å²) in [4.78, 5) is 41.0. The Morgan fingerprint density at radius 2 is 1.71 bits per heavy atom. The average molecular weight is 621 g/mol. The van der Waals surface area contributed by atoms with Gasteiger partial charge < -0.3 is 25.2 Å². The van der Waals surface area contributed by atoms with Crippen LogP contribution in [-0.4, -0.2) is 42.1 Å². The van der Waals surface area contributed by atoms with Gasteiger partial charge in [-0.05, 0) is 82.9 Å². The number of anilines is 2. The minimum Gasteiger partial charge on any atom is -0.448 e. The molecular weight excluding hydrogens is 571 g/mol. The Labute approximate surface area is 267 Å². The van der Waals surface area contributed by atoms with Gasteiger partial charge in [0.2, 0.25) is 0 Å². The highest BCUT2D eigenvalue weighted by molar-refractivity contribution is 6.06. The number of benzene rings is 2. The van der Waals surface area contributed by atoms with Crippen molar-refractivity contribution in [3.05, 3.63) is 76.8 Å². The van der Waals surface area contributed by atoms with Crippen molar-refractivity contribution in [1.82, 2.24) is 4.98 Å². The number of aromatic nitrogens is 1. The molecule has 1 heterocycles. The SMILES string of the molecule is CCCN(CCC)c1cc(F)c(C(C)=O)cc1NC(=O)c1coc(C2CC2)n1.Cc1ccccc1C.NC1CCC[C@@H](C=O)C1. The van der Waals surface area contributed by atoms with Crippen LogP contribution in [0, 0.1) is 25.6 Å². The molecule has 2 saturated carbocycles. The molecule has 2 atom stereocenters. The van der Waals surface area contributed by atoms with Crippen molar-refractivity contribution in [3.63, 3.8) is 0 Å². The van der Waals surface area contributed by atoms with E-state index in [1.165, 1.54) is 36.4 Å². The van der Waals surface area contributed by atoms with Crippen LogP contribution in [0.2, 0.25) is 0 Å². The zero-order valence-electron chi connectivity index (χ0n) is 27.4. The summed E-state index contributed by atoms with van der Waals surface area (Å²) >= 11 is 0. The number of carbonyl (C=O) groups is 3. The highest BCUT2D eigenvalue weighted by Crippen LogP contribution is 2.39. The van der Waals surface area contributed by atoms with Gasteiger partial charge in [0, 0.05) is 37.0 Å². The third kappa shape index (κ3) is 10.9. The van der Waals surface area contributed by atoms with Crippen molar-refractivity contribution in [2.45, 2.75) is 97.9 Å². The van der Waals surface area contributed by atoms with Crippen LogP contribution < -0.4 is 16.0 Å². The lowest BCUT2D eigenvalue weighted by atomic mass is 9.87. The van der Waals surface area contributed by atoms with Crippen molar-refractivity contribution in [1.29, 1.82) is 0 Å². The van der Waals surface area contributed by atoms with Gasteiger partial charge in [-0.1, -0.05) is 44.5 Å². The second-order valence-electron chi connectivity index (χ2n) is 12.1. The monoisotopic (exact) mass is 620 g/mol. The van der Waals surface area contributed by atoms with Crippen molar-refractivity contribution in [3.8, 4) is 0 Å². The van der Waals surface area contributed by atoms with Gasteiger partial charge in [-0.25, -0.2) is 9.37 Å². The van der Waals surface area contributed by atoms with E-state index < -0.39 is 17.5 Å². The van der Waals surface area contributed by atoms with Crippen LogP contribution in [0.3, 0.4) is 0 Å². The number of oxazole rings is 1. The third-order valence-electron chi connectivity index (χ3n) is 8.10. The Bertz CT molecular complexity index is 1390. The Morgan fingerprint density at radius 1 is 1.07 bits per heavy atom. The normalized spacial score (nSPS) is 17.2. The summed E-state index contributed by atoms with van der Waals surface area (Å²) in [5, 5.41) is 2.80. The van der Waals surface area contributed by atoms with Crippen LogP contribution in [0.1, 0.15) is 116 Å². The summed E-state index contributed by atoms with van der Waals surface area (Å²) in [7, 11) is 0. The molecule has 2 fully saturated rings. The Balaban J connectivity index is 0.000000262. The second-order valence-corrected chi connectivity index (χ2v) is 12.1. The highest BCUT2D eigenvalue weighted by Gasteiger charge is 2.30. The predicted molar refractivity (Wildman–Crippen MR) is 178 cm³/mol. The molecule has 2 aromatic carbocycles. The van der Waals surface area contributed by atoms with E-state index in [2.05, 4.69) is 48.4 Å². The third-order valence-corrected chi connectivity index (χ3v) is 8.10. The van der Waals surface area contributed by atoms with Crippen molar-refractivity contribution in [2.24, 2.45) is 11.7 Å². The molecule has 3 N–H and O–H groups in total. The summed E-state index contributed by atoms with van der Waals surface area (Å²) in [5.41, 5.74) is 9.47. The van der Waals surface area contributed by atoms with E-state index in [9.17, 15) is 18.8 Å². The lowest BCUT2D eigenvalue weighted by Gasteiger charge is -2.27. The molecule has 8 nitrogen and oxygen atoms in total. The number of carbonyl (C=O) groups excluding carboxylic acids is 3. The molecule has 1 amide bonds. The summed E-state index contributed by atoms with van der Waals surface area (Å²) < 4.78 is 19.9. The molecule has 3 aromatic rings. The number of nitrogens with two attached hydrogens (primary N) is 1. The average Bonchev–Trinajstić information content (AvgIpc) is 3.75. The van der Waals surface area contributed by atoms with Crippen molar-refractivity contribution < 1.29 is 23.2 Å². The fourth-order valence-corrected chi connectivity index (χ4v) is 5.24. The van der Waals surface area contributed by atoms with E-state index in [1.807, 2.05) is 18.7 Å². The van der Waals surface area contributed by atoms with Crippen LogP contribution in [0.25, 0.3) is 0 Å². The minimum absolute atomic E-state index is 0.0502. The molecule has 0 aliphatic heterocycles. The van der Waals surface area contributed by atoms with Gasteiger partial charge in [-0.15, -0.1) is 0 Å². The number of aryl methyl sites for hydroxylation is 2. The van der Waals surface area contributed by atoms with Crippen molar-refractivity contribution >= 4 is 29.4 Å². The van der Waals surface area contributed by atoms with E-state index in [4.69, 9.17) is 10.2 Å². The smallest absolute Gasteiger partial charge is 0.277 e. The fraction of sp³-hybridized carbons (Fsp3) is 0.500. The van der Waals surface area contributed by atoms with Gasteiger partial charge in [0.15, 0.2) is 17.4 Å². The Hall–Kier alpha value is -3.85. The number of halogens is 1. The van der Waals surface area contributed by atoms with Crippen LogP contribution >= 0.6 is 0 Å². The molecule has 45 heavy (non-hydrogen) atoms. The molecule has 1 unspecified atom stereocenters. The maximum Gasteiger partial charge on any atom is 0.277 e. The first kappa shape index (κ1) is 35.6. The maximum absolute atomic E-state index is 14.5. The lowest BCUT2D eigenvalue weighted by molar-refractivity contribution is -0.112. The number of amides is 1. The topological polar surface area (TPSA) is 119 Å². The van der Waals surface area contributed by atoms with Gasteiger partial charge in [0.25, 0.3) is 5.91 Å². The first-order chi connectivity index (χ1) is 21.6. The second kappa shape index (κ2) is 17.6. The molecule has 0 spiro atoms. The number of Topliss-reactive ketones (excluding diaryl/α,β-unsaturated/α-hetero) is 1. The number of hydrogen-bond acceptors (Lipinski definition) is 7. The maximum atomic E-state index is 14.5. The fourth-order valence-electron chi connectivity index (χ4n) is 5.24. The molecule has 0 radical (unpaired) electrons. The number of ketones is 1. The quantitative estimate of drug-likeness (QED) is 0.175. The largest absolute Gasteiger partial charge is 0.448 e. The molecule has 244 valence electrons. The molecule has 2 aliphatic carbocycles. The molecule has 1 aromatic heterocycles. The van der Waals surface area contributed by atoms with Gasteiger partial charge in [0.1, 0.15) is 18.4 Å². The number of nitrogens with one attached hydrogen (secondary N) is 1. The van der Waals surface area contributed by atoms with Crippen LogP contribution in [0.15, 0.2) is 47.1 Å². The minimum atomic E-state index is -0.588. The van der Waals surface area contributed by atoms with E-state index in [1.54, 1.807) is 0 Å². The van der Waals surface area contributed by atoms with Gasteiger partial charge in [-0.3, -0.25) is 9.59 Å². The van der Waals surface area contributed by atoms with Crippen molar-refractivity contribution in [2.75, 3.05) is 23.3 Å². The Morgan fingerprint density at radius 3 is 2.20 bits per heavy atom. The zero-order chi connectivity index (χ0) is 32.9. The first-order valence-corrected chi connectivity index (χ1v) is 16.2. The Kier molecular flexibility index (Phi) is 13.9. The lowest BCUT2D eigenvalue weighted by Crippen LogP contribution is -2.28. The number of rotatable bonds is 10. The molecule has 0 bridgehead atoms. The van der Waals surface area contributed by atoms with Crippen LogP contribution in [0.5, 0.6) is 0 Å². The first-order valence-electron chi connectivity index (χ1n) is 16.2. The summed E-state index contributed by atoms with van der Waals surface area (Å²) in [5.74, 6) is -0.284. The standard InChI is InChI=1S/C21H26FN3O3.C8H10.C7H13NO/c1-4-8-25(9-5-2)19-11-16(22)15(13(3)26)10-17(19)23-20(27)18-12-28-21(24-18)14-6-7-14;1-7-5-3-4-6-8(7)2;8-7-3-1-2-6(4-7)5-9/h10-12,14H,4-9H2,1-3H3,(H,23,27);3-6H,1-2H3;5-7H,1-4,8H2/t;;6-,7?/m..1/s1. The van der Waals surface area contributed by atoms with Crippen LogP contribution in [0.4, 0.5) is 15.8 Å². The predicted octanol–water partition coefficient (Wildman–Crippen LogP) is 7.78. The zero-order valence-corrected chi connectivity index (χ0v) is 27.4. The van der Waals surface area contributed by atoms with Gasteiger partial charge >= 0.3 is 0 Å². The van der Waals surface area contributed by atoms with E-state index >= 15 is 0 Å². The summed E-state index contributed by atoms with van der Waals surface area (Å²) in [6, 6.07) is 11.4. The molecular formula is C36H49FN4O4. The summed E-state index contributed by atoms with van der Waals surface area (Å²) in [6.45, 7) is 11.0. The number of aldehydes is 1. The number of hydrogen-bond donors (Lipinski definition) is 2. The molecule has 0 saturated heterocycles. The number of nitrogens with zero attached hydrogens (tertiary/aromatic N) is 2. The molecule has 9 heteroatoms. The van der Waals surface area contributed by atoms with Gasteiger partial charge in [-0.2, -0.15) is 0 Å². The highest BCUT2D eigenvalue weighted by atomic mass is 19.1. The van der Waals surface area contributed by atoms with E-state index in [-0.39, 0.29) is 23.2 Å². The molecule has 5 rings (SSSR count). The van der Waals surface area contributed by atoms with E-state index in [0.717, 1.165) is 57.7 Å². The summed E-state index contributed by atoms with van der Waals surface area (Å²) in [6.07, 6.45) is 10.4.